The highest BCUT2D eigenvalue weighted by Crippen LogP contribution is 2.34. The molecule has 15 heavy (non-hydrogen) atoms. The minimum Gasteiger partial charge on any atom is -0.318 e. The fourth-order valence-corrected chi connectivity index (χ4v) is 2.31. The molecule has 1 aliphatic carbocycles. The summed E-state index contributed by atoms with van der Waals surface area (Å²) in [6.07, 6.45) is 5.47. The van der Waals surface area contributed by atoms with Crippen molar-refractivity contribution in [3.8, 4) is 0 Å². The first kappa shape index (κ1) is 10.4. The molecule has 2 rings (SSSR count). The molecule has 0 radical (unpaired) electrons. The van der Waals surface area contributed by atoms with Gasteiger partial charge in [0.15, 0.2) is 0 Å². The first-order valence-electron chi connectivity index (χ1n) is 5.40. The Hall–Kier alpha value is -1.16. The van der Waals surface area contributed by atoms with Crippen molar-refractivity contribution in [2.45, 2.75) is 12.8 Å². The van der Waals surface area contributed by atoms with Gasteiger partial charge in [-0.2, -0.15) is 0 Å². The molecule has 1 fully saturated rings. The van der Waals surface area contributed by atoms with E-state index in [-0.39, 0.29) is 23.7 Å². The minimum absolute atomic E-state index is 0.0181. The van der Waals surface area contributed by atoms with Crippen molar-refractivity contribution >= 4 is 11.8 Å². The molecule has 0 spiro atoms. The molecule has 4 heteroatoms. The molecule has 1 heterocycles. The molecule has 0 saturated carbocycles. The van der Waals surface area contributed by atoms with Gasteiger partial charge in [0.1, 0.15) is 0 Å². The van der Waals surface area contributed by atoms with E-state index in [4.69, 9.17) is 0 Å². The third kappa shape index (κ3) is 1.69. The van der Waals surface area contributed by atoms with Gasteiger partial charge in [0.2, 0.25) is 11.8 Å². The Labute approximate surface area is 89.3 Å². The summed E-state index contributed by atoms with van der Waals surface area (Å²) in [5.74, 6) is -0.132. The van der Waals surface area contributed by atoms with Crippen molar-refractivity contribution in [2.24, 2.45) is 11.8 Å². The highest BCUT2D eigenvalue weighted by Gasteiger charge is 2.46. The molecule has 0 unspecified atom stereocenters. The van der Waals surface area contributed by atoms with Crippen molar-refractivity contribution < 1.29 is 9.59 Å². The van der Waals surface area contributed by atoms with Crippen molar-refractivity contribution in [2.75, 3.05) is 20.1 Å². The van der Waals surface area contributed by atoms with Crippen molar-refractivity contribution in [1.29, 1.82) is 0 Å². The number of carbonyl (C=O) groups excluding carboxylic acids is 2. The zero-order chi connectivity index (χ0) is 10.8. The molecule has 4 nitrogen and oxygen atoms in total. The standard InChI is InChI=1S/C11H16N2O2/c1-12-6-7-13-10(14)8-4-2-3-5-9(8)11(13)15/h2-3,8-9,12H,4-7H2,1H3/t8-,9-/m0/s1. The second kappa shape index (κ2) is 4.14. The predicted molar refractivity (Wildman–Crippen MR) is 56.0 cm³/mol. The van der Waals surface area contributed by atoms with Crippen molar-refractivity contribution in [3.63, 3.8) is 0 Å². The molecule has 1 saturated heterocycles. The summed E-state index contributed by atoms with van der Waals surface area (Å²) in [6, 6.07) is 0. The Balaban J connectivity index is 2.10. The first-order valence-corrected chi connectivity index (χ1v) is 5.40. The lowest BCUT2D eigenvalue weighted by Crippen LogP contribution is -2.36. The third-order valence-electron chi connectivity index (χ3n) is 3.18. The fraction of sp³-hybridized carbons (Fsp3) is 0.636. The van der Waals surface area contributed by atoms with E-state index in [1.165, 1.54) is 4.90 Å². The number of nitrogens with zero attached hydrogens (tertiary/aromatic N) is 1. The second-order valence-electron chi connectivity index (χ2n) is 4.09. The van der Waals surface area contributed by atoms with Crippen LogP contribution in [0.1, 0.15) is 12.8 Å². The van der Waals surface area contributed by atoms with Gasteiger partial charge >= 0.3 is 0 Å². The topological polar surface area (TPSA) is 49.4 Å². The third-order valence-corrected chi connectivity index (χ3v) is 3.18. The number of imide groups is 1. The maximum absolute atomic E-state index is 11.9. The second-order valence-corrected chi connectivity index (χ2v) is 4.09. The number of amides is 2. The maximum Gasteiger partial charge on any atom is 0.233 e. The van der Waals surface area contributed by atoms with Gasteiger partial charge in [0.05, 0.1) is 11.8 Å². The molecule has 0 bridgehead atoms. The zero-order valence-electron chi connectivity index (χ0n) is 8.90. The molecule has 2 amide bonds. The van der Waals surface area contributed by atoms with Crippen molar-refractivity contribution in [3.05, 3.63) is 12.2 Å². The summed E-state index contributed by atoms with van der Waals surface area (Å²) in [4.78, 5) is 25.2. The molecule has 0 aromatic carbocycles. The SMILES string of the molecule is CNCCN1C(=O)[C@H]2CC=CC[C@@H]2C1=O. The minimum atomic E-state index is -0.0839. The number of fused-ring (bicyclic) bond motifs is 1. The molecule has 2 aliphatic rings. The van der Waals surface area contributed by atoms with Crippen LogP contribution in [0.25, 0.3) is 0 Å². The van der Waals surface area contributed by atoms with E-state index in [2.05, 4.69) is 5.32 Å². The predicted octanol–water partition coefficient (Wildman–Crippen LogP) is 0.157. The van der Waals surface area contributed by atoms with Crippen LogP contribution in [0.5, 0.6) is 0 Å². The van der Waals surface area contributed by atoms with E-state index >= 15 is 0 Å². The van der Waals surface area contributed by atoms with Crippen LogP contribution in [-0.4, -0.2) is 36.9 Å². The van der Waals surface area contributed by atoms with Gasteiger partial charge < -0.3 is 5.32 Å². The average Bonchev–Trinajstić information content (AvgIpc) is 2.51. The van der Waals surface area contributed by atoms with E-state index in [0.29, 0.717) is 13.1 Å². The molecule has 2 atom stereocenters. The molecular weight excluding hydrogens is 192 g/mol. The number of rotatable bonds is 3. The molecule has 82 valence electrons. The van der Waals surface area contributed by atoms with Crippen LogP contribution in [0, 0.1) is 11.8 Å². The van der Waals surface area contributed by atoms with Gasteiger partial charge in [-0.05, 0) is 19.9 Å². The van der Waals surface area contributed by atoms with Crippen molar-refractivity contribution in [1.82, 2.24) is 10.2 Å². The zero-order valence-corrected chi connectivity index (χ0v) is 8.90. The van der Waals surface area contributed by atoms with E-state index in [0.717, 1.165) is 12.8 Å². The molecule has 1 N–H and O–H groups in total. The Morgan fingerprint density at radius 1 is 1.27 bits per heavy atom. The fourth-order valence-electron chi connectivity index (χ4n) is 2.31. The number of carbonyl (C=O) groups is 2. The number of likely N-dealkylation sites (tertiary alicyclic amines) is 1. The summed E-state index contributed by atoms with van der Waals surface area (Å²) in [5.41, 5.74) is 0. The van der Waals surface area contributed by atoms with E-state index in [1.807, 2.05) is 19.2 Å². The quantitative estimate of drug-likeness (QED) is 0.531. The molecule has 0 aromatic heterocycles. The highest BCUT2D eigenvalue weighted by atomic mass is 16.2. The van der Waals surface area contributed by atoms with Crippen LogP contribution in [0.2, 0.25) is 0 Å². The van der Waals surface area contributed by atoms with Crippen LogP contribution in [-0.2, 0) is 9.59 Å². The Kier molecular flexibility index (Phi) is 2.86. The molecule has 1 aliphatic heterocycles. The average molecular weight is 208 g/mol. The molecular formula is C11H16N2O2. The van der Waals surface area contributed by atoms with Crippen LogP contribution >= 0.6 is 0 Å². The maximum atomic E-state index is 11.9. The lowest BCUT2D eigenvalue weighted by molar-refractivity contribution is -0.139. The Bertz CT molecular complexity index is 286. The van der Waals surface area contributed by atoms with E-state index in [9.17, 15) is 9.59 Å². The van der Waals surface area contributed by atoms with Crippen LogP contribution < -0.4 is 5.32 Å². The summed E-state index contributed by atoms with van der Waals surface area (Å²) in [7, 11) is 1.82. The van der Waals surface area contributed by atoms with Gasteiger partial charge in [-0.3, -0.25) is 14.5 Å². The lowest BCUT2D eigenvalue weighted by Gasteiger charge is -2.14. The van der Waals surface area contributed by atoms with Gasteiger partial charge in [-0.25, -0.2) is 0 Å². The first-order chi connectivity index (χ1) is 7.25. The van der Waals surface area contributed by atoms with Gasteiger partial charge in [-0.15, -0.1) is 0 Å². The van der Waals surface area contributed by atoms with Gasteiger partial charge in [0, 0.05) is 13.1 Å². The number of allylic oxidation sites excluding steroid dienone is 2. The van der Waals surface area contributed by atoms with Crippen LogP contribution in [0.4, 0.5) is 0 Å². The summed E-state index contributed by atoms with van der Waals surface area (Å²) in [6.45, 7) is 1.17. The molecule has 0 aromatic rings. The van der Waals surface area contributed by atoms with Crippen LogP contribution in [0.15, 0.2) is 12.2 Å². The summed E-state index contributed by atoms with van der Waals surface area (Å²) < 4.78 is 0. The smallest absolute Gasteiger partial charge is 0.233 e. The monoisotopic (exact) mass is 208 g/mol. The summed E-state index contributed by atoms with van der Waals surface area (Å²) >= 11 is 0. The number of hydrogen-bond donors (Lipinski definition) is 1. The lowest BCUT2D eigenvalue weighted by atomic mass is 9.85. The van der Waals surface area contributed by atoms with Gasteiger partial charge in [-0.1, -0.05) is 12.2 Å². The normalized spacial score (nSPS) is 29.8. The number of likely N-dealkylation sites (N-methyl/N-ethyl adjacent to an activating group) is 1. The number of nitrogens with one attached hydrogen (secondary N) is 1. The summed E-state index contributed by atoms with van der Waals surface area (Å²) in [5, 5.41) is 2.96. The van der Waals surface area contributed by atoms with E-state index in [1.54, 1.807) is 0 Å². The number of hydrogen-bond acceptors (Lipinski definition) is 3. The highest BCUT2D eigenvalue weighted by molar-refractivity contribution is 6.05. The van der Waals surface area contributed by atoms with Gasteiger partial charge in [0.25, 0.3) is 0 Å². The largest absolute Gasteiger partial charge is 0.318 e. The Morgan fingerprint density at radius 2 is 1.80 bits per heavy atom. The Morgan fingerprint density at radius 3 is 2.27 bits per heavy atom. The van der Waals surface area contributed by atoms with Crippen LogP contribution in [0.3, 0.4) is 0 Å². The van der Waals surface area contributed by atoms with E-state index < -0.39 is 0 Å².